The molecule has 7 heteroatoms. The number of nitrogens with one attached hydrogen (secondary N) is 1. The highest BCUT2D eigenvalue weighted by atomic mass is 16.5. The number of benzene rings is 1. The van der Waals surface area contributed by atoms with E-state index in [1.807, 2.05) is 24.3 Å². The fourth-order valence-corrected chi connectivity index (χ4v) is 4.08. The Kier molecular flexibility index (Phi) is 8.29. The molecule has 2 fully saturated rings. The van der Waals surface area contributed by atoms with Crippen LogP contribution in [0.1, 0.15) is 37.7 Å². The summed E-state index contributed by atoms with van der Waals surface area (Å²) in [6.07, 6.45) is 2.71. The van der Waals surface area contributed by atoms with Crippen molar-refractivity contribution in [1.82, 2.24) is 10.2 Å². The Hall–Kier alpha value is -1.67. The van der Waals surface area contributed by atoms with Gasteiger partial charge in [-0.25, -0.2) is 0 Å². The van der Waals surface area contributed by atoms with E-state index in [0.717, 1.165) is 56.6 Å². The minimum absolute atomic E-state index is 0.00861. The molecule has 2 heterocycles. The average Bonchev–Trinajstić information content (AvgIpc) is 2.77. The van der Waals surface area contributed by atoms with Crippen molar-refractivity contribution in [2.24, 2.45) is 5.92 Å². The quantitative estimate of drug-likeness (QED) is 0.603. The highest BCUT2D eigenvalue weighted by molar-refractivity contribution is 5.81. The Bertz CT molecular complexity index is 631. The summed E-state index contributed by atoms with van der Waals surface area (Å²) in [6.45, 7) is 3.61. The van der Waals surface area contributed by atoms with Crippen molar-refractivity contribution < 1.29 is 24.5 Å². The summed E-state index contributed by atoms with van der Waals surface area (Å²) in [5, 5.41) is 22.4. The van der Waals surface area contributed by atoms with Crippen LogP contribution in [0.5, 0.6) is 5.75 Å². The number of amides is 1. The van der Waals surface area contributed by atoms with Crippen molar-refractivity contribution in [1.29, 1.82) is 0 Å². The van der Waals surface area contributed by atoms with Gasteiger partial charge in [-0.3, -0.25) is 4.79 Å². The average molecular weight is 407 g/mol. The standard InChI is InChI=1S/C22H34N2O5/c1-28-18-4-2-16(3-5-18)14-23-22(27)21-20(26)7-6-19(29-21)10-13-24-11-8-17(15-25)9-12-24/h2-5,17,19-21,25-26H,6-15H2,1H3,(H,23,27)/t19-,20-,21-/m0/s1. The van der Waals surface area contributed by atoms with Gasteiger partial charge in [0.1, 0.15) is 5.75 Å². The number of aliphatic hydroxyl groups is 2. The van der Waals surface area contributed by atoms with E-state index in [0.29, 0.717) is 18.9 Å². The molecule has 2 aliphatic heterocycles. The summed E-state index contributed by atoms with van der Waals surface area (Å²) in [5.74, 6) is 0.947. The van der Waals surface area contributed by atoms with Gasteiger partial charge in [-0.2, -0.15) is 0 Å². The van der Waals surface area contributed by atoms with Gasteiger partial charge in [0.05, 0.1) is 19.3 Å². The number of rotatable bonds is 8. The zero-order valence-corrected chi connectivity index (χ0v) is 17.3. The summed E-state index contributed by atoms with van der Waals surface area (Å²) < 4.78 is 11.1. The van der Waals surface area contributed by atoms with Crippen molar-refractivity contribution in [3.05, 3.63) is 29.8 Å². The maximum absolute atomic E-state index is 12.6. The van der Waals surface area contributed by atoms with E-state index in [-0.39, 0.29) is 18.6 Å². The van der Waals surface area contributed by atoms with Gasteiger partial charge >= 0.3 is 0 Å². The number of hydrogen-bond donors (Lipinski definition) is 3. The third kappa shape index (κ3) is 6.40. The van der Waals surface area contributed by atoms with Crippen LogP contribution in [0.2, 0.25) is 0 Å². The first-order chi connectivity index (χ1) is 14.1. The van der Waals surface area contributed by atoms with Crippen LogP contribution in [0.4, 0.5) is 0 Å². The van der Waals surface area contributed by atoms with E-state index in [4.69, 9.17) is 9.47 Å². The number of carbonyl (C=O) groups is 1. The first-order valence-corrected chi connectivity index (χ1v) is 10.7. The number of carbonyl (C=O) groups excluding carboxylic acids is 1. The van der Waals surface area contributed by atoms with Crippen LogP contribution in [0, 0.1) is 5.92 Å². The second-order valence-corrected chi connectivity index (χ2v) is 8.15. The number of methoxy groups -OCH3 is 1. The van der Waals surface area contributed by atoms with Gasteiger partial charge in [0, 0.05) is 19.7 Å². The monoisotopic (exact) mass is 406 g/mol. The Labute approximate surface area is 173 Å². The van der Waals surface area contributed by atoms with Crippen LogP contribution in [0.15, 0.2) is 24.3 Å². The lowest BCUT2D eigenvalue weighted by molar-refractivity contribution is -0.158. The third-order valence-electron chi connectivity index (χ3n) is 6.09. The number of aliphatic hydroxyl groups excluding tert-OH is 2. The minimum atomic E-state index is -0.813. The third-order valence-corrected chi connectivity index (χ3v) is 6.09. The Balaban J connectivity index is 1.42. The molecule has 3 rings (SSSR count). The molecule has 0 unspecified atom stereocenters. The summed E-state index contributed by atoms with van der Waals surface area (Å²) in [5.41, 5.74) is 0.965. The number of ether oxygens (including phenoxy) is 2. The molecule has 0 saturated carbocycles. The van der Waals surface area contributed by atoms with Crippen molar-refractivity contribution in [3.8, 4) is 5.75 Å². The van der Waals surface area contributed by atoms with Crippen molar-refractivity contribution >= 4 is 5.91 Å². The second kappa shape index (κ2) is 10.9. The molecule has 2 aliphatic rings. The first kappa shape index (κ1) is 22.0. The highest BCUT2D eigenvalue weighted by Crippen LogP contribution is 2.24. The van der Waals surface area contributed by atoms with Crippen LogP contribution in [0.3, 0.4) is 0 Å². The maximum Gasteiger partial charge on any atom is 0.252 e. The summed E-state index contributed by atoms with van der Waals surface area (Å²) in [4.78, 5) is 15.0. The van der Waals surface area contributed by atoms with E-state index < -0.39 is 12.2 Å². The molecule has 1 aromatic rings. The fraction of sp³-hybridized carbons (Fsp3) is 0.682. The predicted octanol–water partition coefficient (Wildman–Crippen LogP) is 1.31. The van der Waals surface area contributed by atoms with Gasteiger partial charge in [-0.05, 0) is 68.8 Å². The van der Waals surface area contributed by atoms with E-state index in [1.165, 1.54) is 0 Å². The molecule has 1 amide bonds. The van der Waals surface area contributed by atoms with Gasteiger partial charge < -0.3 is 29.9 Å². The van der Waals surface area contributed by atoms with Crippen molar-refractivity contribution in [2.75, 3.05) is 33.4 Å². The zero-order valence-electron chi connectivity index (χ0n) is 17.3. The maximum atomic E-state index is 12.6. The smallest absolute Gasteiger partial charge is 0.252 e. The molecular weight excluding hydrogens is 372 g/mol. The van der Waals surface area contributed by atoms with Crippen LogP contribution >= 0.6 is 0 Å². The molecule has 1 aromatic carbocycles. The lowest BCUT2D eigenvalue weighted by Crippen LogP contribution is -2.49. The molecule has 7 nitrogen and oxygen atoms in total. The summed E-state index contributed by atoms with van der Waals surface area (Å²) in [7, 11) is 1.62. The molecule has 3 atom stereocenters. The Morgan fingerprint density at radius 3 is 2.59 bits per heavy atom. The Morgan fingerprint density at radius 1 is 1.21 bits per heavy atom. The van der Waals surface area contributed by atoms with E-state index in [9.17, 15) is 15.0 Å². The largest absolute Gasteiger partial charge is 0.497 e. The van der Waals surface area contributed by atoms with E-state index in [2.05, 4.69) is 10.2 Å². The summed E-state index contributed by atoms with van der Waals surface area (Å²) >= 11 is 0. The molecule has 0 aliphatic carbocycles. The molecular formula is C22H34N2O5. The molecule has 2 saturated heterocycles. The zero-order chi connectivity index (χ0) is 20.6. The van der Waals surface area contributed by atoms with Gasteiger partial charge in [0.15, 0.2) is 6.10 Å². The fourth-order valence-electron chi connectivity index (χ4n) is 4.08. The van der Waals surface area contributed by atoms with E-state index >= 15 is 0 Å². The minimum Gasteiger partial charge on any atom is -0.497 e. The van der Waals surface area contributed by atoms with Gasteiger partial charge in [0.2, 0.25) is 0 Å². The van der Waals surface area contributed by atoms with Gasteiger partial charge in [-0.1, -0.05) is 12.1 Å². The van der Waals surface area contributed by atoms with Crippen LogP contribution in [-0.2, 0) is 16.1 Å². The Morgan fingerprint density at radius 2 is 1.93 bits per heavy atom. The number of hydrogen-bond acceptors (Lipinski definition) is 6. The lowest BCUT2D eigenvalue weighted by Gasteiger charge is -2.35. The lowest BCUT2D eigenvalue weighted by atomic mass is 9.96. The van der Waals surface area contributed by atoms with Gasteiger partial charge in [0.25, 0.3) is 5.91 Å². The van der Waals surface area contributed by atoms with Gasteiger partial charge in [-0.15, -0.1) is 0 Å². The number of likely N-dealkylation sites (tertiary alicyclic amines) is 1. The molecule has 29 heavy (non-hydrogen) atoms. The van der Waals surface area contributed by atoms with E-state index in [1.54, 1.807) is 7.11 Å². The molecule has 0 aromatic heterocycles. The molecule has 0 bridgehead atoms. The van der Waals surface area contributed by atoms with Crippen LogP contribution in [-0.4, -0.2) is 72.7 Å². The number of nitrogens with zero attached hydrogens (tertiary/aromatic N) is 1. The van der Waals surface area contributed by atoms with Crippen molar-refractivity contribution in [3.63, 3.8) is 0 Å². The van der Waals surface area contributed by atoms with Crippen molar-refractivity contribution in [2.45, 2.75) is 57.0 Å². The van der Waals surface area contributed by atoms with Crippen LogP contribution < -0.4 is 10.1 Å². The molecule has 162 valence electrons. The second-order valence-electron chi connectivity index (χ2n) is 8.15. The summed E-state index contributed by atoms with van der Waals surface area (Å²) in [6, 6.07) is 7.51. The predicted molar refractivity (Wildman–Crippen MR) is 110 cm³/mol. The molecule has 0 spiro atoms. The highest BCUT2D eigenvalue weighted by Gasteiger charge is 2.35. The number of piperidine rings is 1. The molecule has 3 N–H and O–H groups in total. The molecule has 0 radical (unpaired) electrons. The van der Waals surface area contributed by atoms with Crippen LogP contribution in [0.25, 0.3) is 0 Å². The SMILES string of the molecule is COc1ccc(CNC(=O)[C@H]2O[C@H](CCN3CCC(CO)CC3)CC[C@@H]2O)cc1. The normalized spacial score (nSPS) is 26.2. The first-order valence-electron chi connectivity index (χ1n) is 10.7. The topological polar surface area (TPSA) is 91.3 Å².